The molecule has 1 rings (SSSR count). The van der Waals surface area contributed by atoms with Gasteiger partial charge in [-0.05, 0) is 24.5 Å². The first-order chi connectivity index (χ1) is 8.54. The van der Waals surface area contributed by atoms with Gasteiger partial charge < -0.3 is 15.2 Å². The number of hydrogen-bond acceptors (Lipinski definition) is 3. The van der Waals surface area contributed by atoms with E-state index in [2.05, 4.69) is 13.8 Å². The highest BCUT2D eigenvalue weighted by Gasteiger charge is 2.19. The summed E-state index contributed by atoms with van der Waals surface area (Å²) in [7, 11) is 3.18. The molecule has 0 aliphatic rings. The number of benzene rings is 1. The SMILES string of the molecule is CCC(C)CC(N)c1ccc(OC)c(Cl)c1OC. The Hall–Kier alpha value is -0.930. The van der Waals surface area contributed by atoms with Gasteiger partial charge in [-0.2, -0.15) is 0 Å². The fourth-order valence-electron chi connectivity index (χ4n) is 1.94. The predicted molar refractivity (Wildman–Crippen MR) is 75.6 cm³/mol. The Kier molecular flexibility index (Phi) is 5.76. The van der Waals surface area contributed by atoms with Gasteiger partial charge in [0.25, 0.3) is 0 Å². The van der Waals surface area contributed by atoms with Gasteiger partial charge in [0.1, 0.15) is 16.5 Å². The lowest BCUT2D eigenvalue weighted by Gasteiger charge is -2.20. The van der Waals surface area contributed by atoms with Crippen molar-refractivity contribution in [1.82, 2.24) is 0 Å². The number of hydrogen-bond donors (Lipinski definition) is 1. The molecule has 0 aliphatic carbocycles. The van der Waals surface area contributed by atoms with E-state index in [1.54, 1.807) is 14.2 Å². The number of halogens is 1. The molecule has 0 fully saturated rings. The second-order valence-electron chi connectivity index (χ2n) is 4.56. The Labute approximate surface area is 114 Å². The number of ether oxygens (including phenoxy) is 2. The average molecular weight is 272 g/mol. The monoisotopic (exact) mass is 271 g/mol. The summed E-state index contributed by atoms with van der Waals surface area (Å²) in [6.45, 7) is 4.35. The first kappa shape index (κ1) is 15.1. The fourth-order valence-corrected chi connectivity index (χ4v) is 2.26. The smallest absolute Gasteiger partial charge is 0.146 e. The van der Waals surface area contributed by atoms with E-state index in [0.717, 1.165) is 18.4 Å². The minimum atomic E-state index is -0.0710. The molecule has 0 aromatic heterocycles. The molecule has 102 valence electrons. The lowest BCUT2D eigenvalue weighted by Crippen LogP contribution is -2.15. The molecule has 18 heavy (non-hydrogen) atoms. The number of rotatable bonds is 6. The second kappa shape index (κ2) is 6.86. The van der Waals surface area contributed by atoms with Crippen LogP contribution in [0.15, 0.2) is 12.1 Å². The molecule has 1 aromatic carbocycles. The topological polar surface area (TPSA) is 44.5 Å². The molecule has 2 N–H and O–H groups in total. The van der Waals surface area contributed by atoms with Crippen LogP contribution in [0.4, 0.5) is 0 Å². The van der Waals surface area contributed by atoms with E-state index in [-0.39, 0.29) is 6.04 Å². The van der Waals surface area contributed by atoms with Crippen LogP contribution in [0.2, 0.25) is 5.02 Å². The summed E-state index contributed by atoms with van der Waals surface area (Å²) in [4.78, 5) is 0. The van der Waals surface area contributed by atoms with E-state index in [0.29, 0.717) is 22.4 Å². The quantitative estimate of drug-likeness (QED) is 0.856. The molecule has 4 heteroatoms. The predicted octanol–water partition coefficient (Wildman–Crippen LogP) is 3.79. The van der Waals surface area contributed by atoms with Gasteiger partial charge in [-0.15, -0.1) is 0 Å². The van der Waals surface area contributed by atoms with Gasteiger partial charge in [0.15, 0.2) is 0 Å². The average Bonchev–Trinajstić information content (AvgIpc) is 2.37. The minimum Gasteiger partial charge on any atom is -0.495 e. The zero-order valence-electron chi connectivity index (χ0n) is 11.5. The first-order valence-electron chi connectivity index (χ1n) is 6.21. The van der Waals surface area contributed by atoms with Crippen LogP contribution in [0.5, 0.6) is 11.5 Å². The standard InChI is InChI=1S/C14H22ClNO2/c1-5-9(2)8-11(16)10-6-7-12(17-3)13(15)14(10)18-4/h6-7,9,11H,5,8,16H2,1-4H3. The van der Waals surface area contributed by atoms with E-state index in [1.165, 1.54) is 0 Å². The molecule has 0 saturated heterocycles. The van der Waals surface area contributed by atoms with Crippen LogP contribution in [0.25, 0.3) is 0 Å². The largest absolute Gasteiger partial charge is 0.495 e. The number of methoxy groups -OCH3 is 2. The molecule has 2 atom stereocenters. The molecule has 0 bridgehead atoms. The maximum Gasteiger partial charge on any atom is 0.146 e. The van der Waals surface area contributed by atoms with Crippen LogP contribution >= 0.6 is 11.6 Å². The lowest BCUT2D eigenvalue weighted by molar-refractivity contribution is 0.382. The molecule has 0 saturated carbocycles. The van der Waals surface area contributed by atoms with Crippen LogP contribution in [-0.4, -0.2) is 14.2 Å². The zero-order valence-corrected chi connectivity index (χ0v) is 12.3. The van der Waals surface area contributed by atoms with Crippen LogP contribution < -0.4 is 15.2 Å². The Morgan fingerprint density at radius 3 is 2.44 bits per heavy atom. The third-order valence-corrected chi connectivity index (χ3v) is 3.63. The van der Waals surface area contributed by atoms with Gasteiger partial charge in [0.05, 0.1) is 14.2 Å². The second-order valence-corrected chi connectivity index (χ2v) is 4.94. The van der Waals surface area contributed by atoms with Crippen LogP contribution in [0.1, 0.15) is 38.3 Å². The molecule has 0 radical (unpaired) electrons. The zero-order chi connectivity index (χ0) is 13.7. The van der Waals surface area contributed by atoms with Crippen LogP contribution in [-0.2, 0) is 0 Å². The van der Waals surface area contributed by atoms with Crippen molar-refractivity contribution in [3.05, 3.63) is 22.7 Å². The molecule has 0 heterocycles. The molecule has 3 nitrogen and oxygen atoms in total. The summed E-state index contributed by atoms with van der Waals surface area (Å²) >= 11 is 6.22. The highest BCUT2D eigenvalue weighted by atomic mass is 35.5. The van der Waals surface area contributed by atoms with Crippen molar-refractivity contribution in [2.75, 3.05) is 14.2 Å². The summed E-state index contributed by atoms with van der Waals surface area (Å²) in [6.07, 6.45) is 2.02. The maximum atomic E-state index is 6.23. The molecular formula is C14H22ClNO2. The van der Waals surface area contributed by atoms with Gasteiger partial charge in [0.2, 0.25) is 0 Å². The summed E-state index contributed by atoms with van der Waals surface area (Å²) in [5, 5.41) is 0.483. The Morgan fingerprint density at radius 1 is 1.28 bits per heavy atom. The molecule has 1 aromatic rings. The van der Waals surface area contributed by atoms with E-state index in [9.17, 15) is 0 Å². The lowest BCUT2D eigenvalue weighted by atomic mass is 9.94. The summed E-state index contributed by atoms with van der Waals surface area (Å²) in [5.41, 5.74) is 7.16. The van der Waals surface area contributed by atoms with Crippen molar-refractivity contribution in [2.24, 2.45) is 11.7 Å². The van der Waals surface area contributed by atoms with E-state index in [4.69, 9.17) is 26.8 Å². The van der Waals surface area contributed by atoms with Crippen molar-refractivity contribution >= 4 is 11.6 Å². The Balaban J connectivity index is 3.05. The highest BCUT2D eigenvalue weighted by molar-refractivity contribution is 6.33. The molecule has 0 amide bonds. The Bertz CT molecular complexity index is 396. The summed E-state index contributed by atoms with van der Waals surface area (Å²) in [5.74, 6) is 1.80. The maximum absolute atomic E-state index is 6.23. The van der Waals surface area contributed by atoms with Crippen LogP contribution in [0.3, 0.4) is 0 Å². The molecule has 2 unspecified atom stereocenters. The normalized spacial score (nSPS) is 14.1. The molecular weight excluding hydrogens is 250 g/mol. The third kappa shape index (κ3) is 3.30. The van der Waals surface area contributed by atoms with Crippen molar-refractivity contribution in [3.63, 3.8) is 0 Å². The van der Waals surface area contributed by atoms with Gasteiger partial charge in [-0.25, -0.2) is 0 Å². The van der Waals surface area contributed by atoms with E-state index >= 15 is 0 Å². The van der Waals surface area contributed by atoms with Crippen molar-refractivity contribution < 1.29 is 9.47 Å². The fraction of sp³-hybridized carbons (Fsp3) is 0.571. The van der Waals surface area contributed by atoms with Crippen molar-refractivity contribution in [3.8, 4) is 11.5 Å². The molecule has 0 aliphatic heterocycles. The first-order valence-corrected chi connectivity index (χ1v) is 6.58. The van der Waals surface area contributed by atoms with Gasteiger partial charge in [-0.1, -0.05) is 31.9 Å². The minimum absolute atomic E-state index is 0.0710. The summed E-state index contributed by atoms with van der Waals surface area (Å²) in [6, 6.07) is 3.69. The van der Waals surface area contributed by atoms with Crippen molar-refractivity contribution in [1.29, 1.82) is 0 Å². The Morgan fingerprint density at radius 2 is 1.94 bits per heavy atom. The van der Waals surface area contributed by atoms with E-state index in [1.807, 2.05) is 12.1 Å². The van der Waals surface area contributed by atoms with E-state index < -0.39 is 0 Å². The van der Waals surface area contributed by atoms with Gasteiger partial charge >= 0.3 is 0 Å². The molecule has 0 spiro atoms. The number of nitrogens with two attached hydrogens (primary N) is 1. The van der Waals surface area contributed by atoms with Crippen LogP contribution in [0, 0.1) is 5.92 Å². The van der Waals surface area contributed by atoms with Gasteiger partial charge in [-0.3, -0.25) is 0 Å². The van der Waals surface area contributed by atoms with Crippen molar-refractivity contribution in [2.45, 2.75) is 32.7 Å². The van der Waals surface area contributed by atoms with Gasteiger partial charge in [0, 0.05) is 11.6 Å². The highest BCUT2D eigenvalue weighted by Crippen LogP contribution is 2.40. The summed E-state index contributed by atoms with van der Waals surface area (Å²) < 4.78 is 10.5. The third-order valence-electron chi connectivity index (χ3n) is 3.27.